The van der Waals surface area contributed by atoms with Crippen molar-refractivity contribution in [1.29, 1.82) is 0 Å². The Kier molecular flexibility index (Phi) is 4.44. The quantitative estimate of drug-likeness (QED) is 0.564. The minimum atomic E-state index is -0.0994. The van der Waals surface area contributed by atoms with E-state index in [1.165, 1.54) is 11.1 Å². The minimum absolute atomic E-state index is 0.0994. The number of hydrogen-bond acceptors (Lipinski definition) is 2. The largest absolute Gasteiger partial charge is 0.322 e. The Hall–Kier alpha value is -3.46. The third kappa shape index (κ3) is 3.62. The Bertz CT molecular complexity index is 1040. The molecular weight excluding hydrogens is 320 g/mol. The van der Waals surface area contributed by atoms with E-state index in [4.69, 9.17) is 0 Å². The van der Waals surface area contributed by atoms with Gasteiger partial charge in [-0.15, -0.1) is 0 Å². The maximum Gasteiger partial charge on any atom is 0.255 e. The molecule has 1 aromatic heterocycles. The second-order valence-corrected chi connectivity index (χ2v) is 6.25. The zero-order chi connectivity index (χ0) is 17.8. The van der Waals surface area contributed by atoms with E-state index in [1.54, 1.807) is 12.4 Å². The molecule has 1 amide bonds. The molecule has 0 spiro atoms. The van der Waals surface area contributed by atoms with Crippen LogP contribution in [0.15, 0.2) is 91.3 Å². The van der Waals surface area contributed by atoms with Gasteiger partial charge < -0.3 is 5.32 Å². The molecule has 4 rings (SSSR count). The minimum Gasteiger partial charge on any atom is -0.322 e. The normalized spacial score (nSPS) is 10.6. The molecule has 0 aliphatic carbocycles. The standard InChI is InChI=1S/C23H18N2O/c26-23(21-8-7-19-3-1-2-4-20(19)16-21)25-22-9-5-17(6-10-22)15-18-11-13-24-14-12-18/h1-14,16H,15H2,(H,25,26). The molecule has 126 valence electrons. The average molecular weight is 338 g/mol. The van der Waals surface area contributed by atoms with Gasteiger partial charge in [-0.2, -0.15) is 0 Å². The molecule has 3 nitrogen and oxygen atoms in total. The highest BCUT2D eigenvalue weighted by molar-refractivity contribution is 6.06. The van der Waals surface area contributed by atoms with E-state index < -0.39 is 0 Å². The molecule has 0 saturated heterocycles. The highest BCUT2D eigenvalue weighted by atomic mass is 16.1. The van der Waals surface area contributed by atoms with Crippen LogP contribution in [0.4, 0.5) is 5.69 Å². The third-order valence-corrected chi connectivity index (χ3v) is 4.38. The number of pyridine rings is 1. The summed E-state index contributed by atoms with van der Waals surface area (Å²) >= 11 is 0. The van der Waals surface area contributed by atoms with E-state index in [-0.39, 0.29) is 5.91 Å². The maximum absolute atomic E-state index is 12.5. The summed E-state index contributed by atoms with van der Waals surface area (Å²) in [7, 11) is 0. The number of fused-ring (bicyclic) bond motifs is 1. The summed E-state index contributed by atoms with van der Waals surface area (Å²) in [5, 5.41) is 5.16. The van der Waals surface area contributed by atoms with Gasteiger partial charge in [0, 0.05) is 23.6 Å². The zero-order valence-corrected chi connectivity index (χ0v) is 14.2. The lowest BCUT2D eigenvalue weighted by Crippen LogP contribution is -2.11. The van der Waals surface area contributed by atoms with Crippen molar-refractivity contribution in [1.82, 2.24) is 4.98 Å². The Balaban J connectivity index is 1.46. The Morgan fingerprint density at radius 2 is 1.46 bits per heavy atom. The third-order valence-electron chi connectivity index (χ3n) is 4.38. The van der Waals surface area contributed by atoms with Gasteiger partial charge in [0.05, 0.1) is 0 Å². The molecule has 3 aromatic carbocycles. The molecule has 0 fully saturated rings. The van der Waals surface area contributed by atoms with Crippen LogP contribution in [0, 0.1) is 0 Å². The van der Waals surface area contributed by atoms with Crippen molar-refractivity contribution in [3.8, 4) is 0 Å². The number of amides is 1. The molecule has 26 heavy (non-hydrogen) atoms. The summed E-state index contributed by atoms with van der Waals surface area (Å²) in [6.07, 6.45) is 4.45. The lowest BCUT2D eigenvalue weighted by atomic mass is 10.1. The lowest BCUT2D eigenvalue weighted by Gasteiger charge is -2.08. The predicted octanol–water partition coefficient (Wildman–Crippen LogP) is 5.08. The van der Waals surface area contributed by atoms with Crippen LogP contribution >= 0.6 is 0 Å². The zero-order valence-electron chi connectivity index (χ0n) is 14.2. The van der Waals surface area contributed by atoms with E-state index in [1.807, 2.05) is 78.9 Å². The van der Waals surface area contributed by atoms with E-state index in [9.17, 15) is 4.79 Å². The molecule has 0 radical (unpaired) electrons. The first-order chi connectivity index (χ1) is 12.8. The highest BCUT2D eigenvalue weighted by Gasteiger charge is 2.07. The van der Waals surface area contributed by atoms with Crippen LogP contribution < -0.4 is 5.32 Å². The Morgan fingerprint density at radius 3 is 2.23 bits per heavy atom. The van der Waals surface area contributed by atoms with Crippen LogP contribution in [0.3, 0.4) is 0 Å². The van der Waals surface area contributed by atoms with Crippen molar-refractivity contribution in [2.24, 2.45) is 0 Å². The second-order valence-electron chi connectivity index (χ2n) is 6.25. The first-order valence-electron chi connectivity index (χ1n) is 8.56. The molecule has 0 atom stereocenters. The van der Waals surface area contributed by atoms with Gasteiger partial charge in [0.2, 0.25) is 0 Å². The maximum atomic E-state index is 12.5. The molecule has 0 saturated carbocycles. The van der Waals surface area contributed by atoms with Gasteiger partial charge in [0.1, 0.15) is 0 Å². The summed E-state index contributed by atoms with van der Waals surface area (Å²) in [5.74, 6) is -0.0994. The second kappa shape index (κ2) is 7.19. The van der Waals surface area contributed by atoms with Crippen molar-refractivity contribution < 1.29 is 4.79 Å². The monoisotopic (exact) mass is 338 g/mol. The number of nitrogens with one attached hydrogen (secondary N) is 1. The number of rotatable bonds is 4. The summed E-state index contributed by atoms with van der Waals surface area (Å²) in [6.45, 7) is 0. The molecule has 0 aliphatic heterocycles. The smallest absolute Gasteiger partial charge is 0.255 e. The average Bonchev–Trinajstić information content (AvgIpc) is 2.70. The van der Waals surface area contributed by atoms with E-state index in [0.717, 1.165) is 22.9 Å². The number of benzene rings is 3. The number of nitrogens with zero attached hydrogens (tertiary/aromatic N) is 1. The van der Waals surface area contributed by atoms with Crippen molar-refractivity contribution in [3.63, 3.8) is 0 Å². The Morgan fingerprint density at radius 1 is 0.769 bits per heavy atom. The molecule has 1 N–H and O–H groups in total. The predicted molar refractivity (Wildman–Crippen MR) is 105 cm³/mol. The van der Waals surface area contributed by atoms with Gasteiger partial charge in [-0.25, -0.2) is 0 Å². The van der Waals surface area contributed by atoms with Gasteiger partial charge in [-0.05, 0) is 64.7 Å². The topological polar surface area (TPSA) is 42.0 Å². The molecule has 0 bridgehead atoms. The molecule has 0 unspecified atom stereocenters. The van der Waals surface area contributed by atoms with Crippen LogP contribution in [0.25, 0.3) is 10.8 Å². The summed E-state index contributed by atoms with van der Waals surface area (Å²) in [5.41, 5.74) is 3.86. The number of carbonyl (C=O) groups excluding carboxylic acids is 1. The van der Waals surface area contributed by atoms with Crippen LogP contribution in [0.2, 0.25) is 0 Å². The van der Waals surface area contributed by atoms with Gasteiger partial charge >= 0.3 is 0 Å². The van der Waals surface area contributed by atoms with Crippen molar-refractivity contribution in [2.75, 3.05) is 5.32 Å². The summed E-state index contributed by atoms with van der Waals surface area (Å²) in [4.78, 5) is 16.5. The van der Waals surface area contributed by atoms with Crippen LogP contribution in [-0.2, 0) is 6.42 Å². The van der Waals surface area contributed by atoms with Gasteiger partial charge in [-0.1, -0.05) is 42.5 Å². The van der Waals surface area contributed by atoms with Gasteiger partial charge in [0.15, 0.2) is 0 Å². The molecule has 4 aromatic rings. The van der Waals surface area contributed by atoms with Crippen molar-refractivity contribution in [3.05, 3.63) is 108 Å². The number of carbonyl (C=O) groups is 1. The fraction of sp³-hybridized carbons (Fsp3) is 0.0435. The van der Waals surface area contributed by atoms with Crippen LogP contribution in [0.1, 0.15) is 21.5 Å². The fourth-order valence-corrected chi connectivity index (χ4v) is 2.98. The number of hydrogen-bond donors (Lipinski definition) is 1. The number of aromatic nitrogens is 1. The first kappa shape index (κ1) is 16.0. The van der Waals surface area contributed by atoms with Crippen molar-refractivity contribution in [2.45, 2.75) is 6.42 Å². The lowest BCUT2D eigenvalue weighted by molar-refractivity contribution is 0.102. The fourth-order valence-electron chi connectivity index (χ4n) is 2.98. The van der Waals surface area contributed by atoms with Gasteiger partial charge in [-0.3, -0.25) is 9.78 Å². The molecule has 1 heterocycles. The summed E-state index contributed by atoms with van der Waals surface area (Å²) in [6, 6.07) is 25.8. The van der Waals surface area contributed by atoms with Gasteiger partial charge in [0.25, 0.3) is 5.91 Å². The highest BCUT2D eigenvalue weighted by Crippen LogP contribution is 2.18. The van der Waals surface area contributed by atoms with E-state index >= 15 is 0 Å². The molecular formula is C23H18N2O. The SMILES string of the molecule is O=C(Nc1ccc(Cc2ccncc2)cc1)c1ccc2ccccc2c1. The molecule has 3 heteroatoms. The summed E-state index contributed by atoms with van der Waals surface area (Å²) < 4.78 is 0. The van der Waals surface area contributed by atoms with Crippen molar-refractivity contribution >= 4 is 22.4 Å². The van der Waals surface area contributed by atoms with Crippen LogP contribution in [0.5, 0.6) is 0 Å². The van der Waals surface area contributed by atoms with E-state index in [0.29, 0.717) is 5.56 Å². The van der Waals surface area contributed by atoms with Crippen LogP contribution in [-0.4, -0.2) is 10.9 Å². The van der Waals surface area contributed by atoms with E-state index in [2.05, 4.69) is 10.3 Å². The number of anilines is 1. The Labute approximate surface area is 152 Å². The molecule has 0 aliphatic rings. The first-order valence-corrected chi connectivity index (χ1v) is 8.56.